The minimum atomic E-state index is -0.576. The second-order valence-corrected chi connectivity index (χ2v) is 14.3. The normalized spacial score (nSPS) is 50.7. The molecule has 0 amide bonds. The van der Waals surface area contributed by atoms with E-state index in [0.717, 1.165) is 44.9 Å². The molecule has 5 rings (SSSR count). The Morgan fingerprint density at radius 3 is 2.27 bits per heavy atom. The zero-order chi connectivity index (χ0) is 24.2. The van der Waals surface area contributed by atoms with Gasteiger partial charge in [0.25, 0.3) is 0 Å². The molecule has 0 aliphatic heterocycles. The lowest BCUT2D eigenvalue weighted by atomic mass is 9.32. The number of carboxylic acid groups (broad SMARTS) is 1. The SMILES string of the molecule is CC(C)C1=CC[C@]2(C(=O)O)CC[C@]3(C)[C@H](CC[C@@H]4[C@@]5(C)CCC(=O)C(C)(C)[C@@H]5CC[C@]43C)[C@@H]12. The number of carbonyl (C=O) groups excluding carboxylic acids is 1. The molecular formula is C30H46O3. The third-order valence-electron chi connectivity index (χ3n) is 12.9. The van der Waals surface area contributed by atoms with E-state index < -0.39 is 11.4 Å². The van der Waals surface area contributed by atoms with Gasteiger partial charge in [-0.3, -0.25) is 9.59 Å². The molecule has 33 heavy (non-hydrogen) atoms. The molecule has 0 aromatic carbocycles. The number of hydrogen-bond acceptors (Lipinski definition) is 2. The Hall–Kier alpha value is -1.12. The van der Waals surface area contributed by atoms with Crippen LogP contribution in [0, 0.1) is 56.7 Å². The van der Waals surface area contributed by atoms with Crippen molar-refractivity contribution in [2.45, 2.75) is 106 Å². The van der Waals surface area contributed by atoms with Crippen molar-refractivity contribution in [3.05, 3.63) is 11.6 Å². The number of rotatable bonds is 2. The Morgan fingerprint density at radius 2 is 1.64 bits per heavy atom. The monoisotopic (exact) mass is 454 g/mol. The van der Waals surface area contributed by atoms with Crippen LogP contribution in [0.5, 0.6) is 0 Å². The van der Waals surface area contributed by atoms with Gasteiger partial charge in [0.1, 0.15) is 5.78 Å². The highest BCUT2D eigenvalue weighted by Gasteiger charge is 2.71. The van der Waals surface area contributed by atoms with Crippen LogP contribution in [0.25, 0.3) is 0 Å². The molecule has 0 aromatic heterocycles. The van der Waals surface area contributed by atoms with Crippen LogP contribution in [0.15, 0.2) is 11.6 Å². The maximum atomic E-state index is 12.9. The number of allylic oxidation sites excluding steroid dienone is 2. The first-order valence-electron chi connectivity index (χ1n) is 13.7. The number of carboxylic acids is 1. The number of ketones is 1. The second-order valence-electron chi connectivity index (χ2n) is 14.3. The van der Waals surface area contributed by atoms with Crippen LogP contribution in [-0.4, -0.2) is 16.9 Å². The summed E-state index contributed by atoms with van der Waals surface area (Å²) in [6, 6.07) is 0. The molecule has 4 saturated carbocycles. The molecule has 184 valence electrons. The van der Waals surface area contributed by atoms with Crippen LogP contribution in [0.3, 0.4) is 0 Å². The van der Waals surface area contributed by atoms with Crippen molar-refractivity contribution < 1.29 is 14.7 Å². The van der Waals surface area contributed by atoms with Crippen LogP contribution < -0.4 is 0 Å². The van der Waals surface area contributed by atoms with E-state index in [0.29, 0.717) is 29.5 Å². The standard InChI is InChI=1S/C30H46O3/c1-18(2)19-10-15-30(25(32)33)17-16-28(6)20(24(19)30)8-9-22-27(5)13-12-23(31)26(3,4)21(27)11-14-29(22,28)7/h10,18,20-22,24H,8-9,11-17H2,1-7H3,(H,32,33)/t20-,21+,22-,24-,27+,28-,29-,30+/m1/s1. The fraction of sp³-hybridized carbons (Fsp3) is 0.867. The van der Waals surface area contributed by atoms with Crippen LogP contribution in [0.2, 0.25) is 0 Å². The Bertz CT molecular complexity index is 914. The summed E-state index contributed by atoms with van der Waals surface area (Å²) in [6.07, 6.45) is 11.4. The third-order valence-corrected chi connectivity index (χ3v) is 12.9. The van der Waals surface area contributed by atoms with Crippen LogP contribution >= 0.6 is 0 Å². The minimum Gasteiger partial charge on any atom is -0.481 e. The largest absolute Gasteiger partial charge is 0.481 e. The molecule has 8 atom stereocenters. The van der Waals surface area contributed by atoms with Gasteiger partial charge < -0.3 is 5.11 Å². The van der Waals surface area contributed by atoms with Crippen molar-refractivity contribution in [1.82, 2.24) is 0 Å². The fourth-order valence-corrected chi connectivity index (χ4v) is 10.9. The van der Waals surface area contributed by atoms with Crippen LogP contribution in [-0.2, 0) is 9.59 Å². The molecule has 3 heteroatoms. The van der Waals surface area contributed by atoms with E-state index in [1.165, 1.54) is 18.4 Å². The average Bonchev–Trinajstić information content (AvgIpc) is 3.13. The molecule has 0 radical (unpaired) electrons. The molecule has 0 unspecified atom stereocenters. The number of Topliss-reactive ketones (excluding diaryl/α,β-unsaturated/α-hetero) is 1. The van der Waals surface area contributed by atoms with E-state index in [9.17, 15) is 14.7 Å². The summed E-state index contributed by atoms with van der Waals surface area (Å²) in [7, 11) is 0. The first-order valence-corrected chi connectivity index (χ1v) is 13.7. The van der Waals surface area contributed by atoms with E-state index in [-0.39, 0.29) is 27.6 Å². The lowest BCUT2D eigenvalue weighted by molar-refractivity contribution is -0.231. The van der Waals surface area contributed by atoms with E-state index in [4.69, 9.17) is 0 Å². The summed E-state index contributed by atoms with van der Waals surface area (Å²) in [5.41, 5.74) is 1.24. The van der Waals surface area contributed by atoms with Crippen molar-refractivity contribution in [1.29, 1.82) is 0 Å². The second kappa shape index (κ2) is 6.97. The maximum Gasteiger partial charge on any atom is 0.310 e. The van der Waals surface area contributed by atoms with E-state index >= 15 is 0 Å². The Morgan fingerprint density at radius 1 is 0.939 bits per heavy atom. The highest BCUT2D eigenvalue weighted by atomic mass is 16.4. The summed E-state index contributed by atoms with van der Waals surface area (Å²) in [5.74, 6) is 2.08. The van der Waals surface area contributed by atoms with Gasteiger partial charge in [-0.05, 0) is 97.2 Å². The highest BCUT2D eigenvalue weighted by Crippen LogP contribution is 2.76. The van der Waals surface area contributed by atoms with E-state index in [1.807, 2.05) is 0 Å². The van der Waals surface area contributed by atoms with Gasteiger partial charge in [0.2, 0.25) is 0 Å². The van der Waals surface area contributed by atoms with Gasteiger partial charge in [0.05, 0.1) is 5.41 Å². The summed E-state index contributed by atoms with van der Waals surface area (Å²) in [6.45, 7) is 16.6. The predicted molar refractivity (Wildman–Crippen MR) is 132 cm³/mol. The topological polar surface area (TPSA) is 54.4 Å². The van der Waals surface area contributed by atoms with Gasteiger partial charge in [-0.2, -0.15) is 0 Å². The summed E-state index contributed by atoms with van der Waals surface area (Å²) >= 11 is 0. The molecule has 0 bridgehead atoms. The molecular weight excluding hydrogens is 408 g/mol. The summed E-state index contributed by atoms with van der Waals surface area (Å²) in [5, 5.41) is 10.5. The molecule has 5 aliphatic carbocycles. The molecule has 0 spiro atoms. The quantitative estimate of drug-likeness (QED) is 0.445. The molecule has 4 fully saturated rings. The van der Waals surface area contributed by atoms with Crippen molar-refractivity contribution in [3.63, 3.8) is 0 Å². The molecule has 0 aromatic rings. The minimum absolute atomic E-state index is 0.164. The maximum absolute atomic E-state index is 12.9. The molecule has 1 N–H and O–H groups in total. The van der Waals surface area contributed by atoms with Crippen molar-refractivity contribution in [3.8, 4) is 0 Å². The highest BCUT2D eigenvalue weighted by molar-refractivity contribution is 5.85. The Balaban J connectivity index is 1.57. The molecule has 0 heterocycles. The lowest BCUT2D eigenvalue weighted by Crippen LogP contribution is -2.66. The van der Waals surface area contributed by atoms with Gasteiger partial charge in [-0.25, -0.2) is 0 Å². The average molecular weight is 455 g/mol. The molecule has 5 aliphatic rings. The Kier molecular flexibility index (Phi) is 4.99. The molecule has 0 saturated heterocycles. The first-order chi connectivity index (χ1) is 15.3. The Labute approximate surface area is 201 Å². The van der Waals surface area contributed by atoms with Gasteiger partial charge >= 0.3 is 5.97 Å². The van der Waals surface area contributed by atoms with Crippen LogP contribution in [0.1, 0.15) is 106 Å². The summed E-state index contributed by atoms with van der Waals surface area (Å²) < 4.78 is 0. The van der Waals surface area contributed by atoms with E-state index in [2.05, 4.69) is 54.5 Å². The van der Waals surface area contributed by atoms with Gasteiger partial charge in [-0.15, -0.1) is 0 Å². The zero-order valence-electron chi connectivity index (χ0n) is 22.1. The molecule has 3 nitrogen and oxygen atoms in total. The number of carbonyl (C=O) groups is 2. The van der Waals surface area contributed by atoms with Crippen molar-refractivity contribution in [2.75, 3.05) is 0 Å². The van der Waals surface area contributed by atoms with Crippen LogP contribution in [0.4, 0.5) is 0 Å². The van der Waals surface area contributed by atoms with Gasteiger partial charge in [-0.1, -0.05) is 60.1 Å². The van der Waals surface area contributed by atoms with Crippen molar-refractivity contribution >= 4 is 11.8 Å². The number of hydrogen-bond donors (Lipinski definition) is 1. The van der Waals surface area contributed by atoms with E-state index in [1.54, 1.807) is 0 Å². The third kappa shape index (κ3) is 2.69. The fourth-order valence-electron chi connectivity index (χ4n) is 10.9. The predicted octanol–water partition coefficient (Wildman–Crippen LogP) is 7.30. The summed E-state index contributed by atoms with van der Waals surface area (Å²) in [4.78, 5) is 25.6. The van der Waals surface area contributed by atoms with Crippen molar-refractivity contribution in [2.24, 2.45) is 56.7 Å². The zero-order valence-corrected chi connectivity index (χ0v) is 22.1. The van der Waals surface area contributed by atoms with Gasteiger partial charge in [0.15, 0.2) is 0 Å². The number of fused-ring (bicyclic) bond motifs is 7. The lowest BCUT2D eigenvalue weighted by Gasteiger charge is -2.72. The smallest absolute Gasteiger partial charge is 0.310 e. The first kappa shape index (κ1) is 23.6. The van der Waals surface area contributed by atoms with Gasteiger partial charge in [0, 0.05) is 11.8 Å². The number of aliphatic carboxylic acids is 1.